The molecule has 3 aromatic heterocycles. The lowest BCUT2D eigenvalue weighted by Gasteiger charge is -2.13. The van der Waals surface area contributed by atoms with Crippen molar-refractivity contribution < 1.29 is 0 Å². The molecule has 0 amide bonds. The van der Waals surface area contributed by atoms with Gasteiger partial charge in [0.05, 0.1) is 11.2 Å². The summed E-state index contributed by atoms with van der Waals surface area (Å²) < 4.78 is 2.43. The Labute approximate surface area is 343 Å². The minimum absolute atomic E-state index is 0.620. The molecule has 0 spiro atoms. The predicted octanol–water partition coefficient (Wildman–Crippen LogP) is 14.6. The van der Waals surface area contributed by atoms with E-state index in [9.17, 15) is 0 Å². The molecule has 0 aliphatic rings. The van der Waals surface area contributed by atoms with Gasteiger partial charge >= 0.3 is 0 Å². The second-order valence-corrected chi connectivity index (χ2v) is 16.0. The first-order valence-electron chi connectivity index (χ1n) is 19.8. The monoisotopic (exact) mass is 768 g/mol. The molecule has 0 saturated heterocycles. The summed E-state index contributed by atoms with van der Waals surface area (Å²) in [7, 11) is 0. The highest BCUT2D eigenvalue weighted by atomic mass is 32.1. The number of hydrogen-bond acceptors (Lipinski definition) is 5. The lowest BCUT2D eigenvalue weighted by Crippen LogP contribution is -2.00. The van der Waals surface area contributed by atoms with Crippen molar-refractivity contribution in [1.29, 1.82) is 0 Å². The fourth-order valence-corrected chi connectivity index (χ4v) is 9.89. The number of nitrogens with zero attached hydrogens (tertiary/aromatic N) is 4. The van der Waals surface area contributed by atoms with Gasteiger partial charge in [-0.05, 0) is 73.8 Å². The minimum atomic E-state index is 0.620. The third kappa shape index (κ3) is 5.58. The van der Waals surface area contributed by atoms with E-state index in [1.807, 2.05) is 47.7 Å². The van der Waals surface area contributed by atoms with E-state index >= 15 is 0 Å². The van der Waals surface area contributed by atoms with Gasteiger partial charge in [0.1, 0.15) is 0 Å². The second-order valence-electron chi connectivity index (χ2n) is 15.0. The lowest BCUT2D eigenvalue weighted by atomic mass is 9.92. The van der Waals surface area contributed by atoms with Crippen molar-refractivity contribution in [2.24, 2.45) is 0 Å². The van der Waals surface area contributed by atoms with E-state index in [1.165, 1.54) is 58.1 Å². The SMILES string of the molecule is c1ccc(-c2ccc(-c3nc(-c4ccccc4)nc(-c4ccc5nc(-c6ccc7c8ccccc8c8ccccc8c7c6)c6c7ccccc7sc6c5c4)n3)cc2)cc1. The Morgan fingerprint density at radius 2 is 0.729 bits per heavy atom. The van der Waals surface area contributed by atoms with Gasteiger partial charge in [0, 0.05) is 47.8 Å². The summed E-state index contributed by atoms with van der Waals surface area (Å²) in [5, 5.41) is 11.0. The quantitative estimate of drug-likeness (QED) is 0.164. The fraction of sp³-hybridized carbons (Fsp3) is 0. The molecule has 5 heteroatoms. The van der Waals surface area contributed by atoms with Crippen LogP contribution in [0.1, 0.15) is 0 Å². The van der Waals surface area contributed by atoms with E-state index in [2.05, 4.69) is 158 Å². The summed E-state index contributed by atoms with van der Waals surface area (Å²) in [4.78, 5) is 20.7. The average Bonchev–Trinajstić information content (AvgIpc) is 3.72. The number of fused-ring (bicyclic) bond motifs is 11. The van der Waals surface area contributed by atoms with Crippen LogP contribution >= 0.6 is 11.3 Å². The lowest BCUT2D eigenvalue weighted by molar-refractivity contribution is 1.07. The van der Waals surface area contributed by atoms with E-state index in [4.69, 9.17) is 19.9 Å². The van der Waals surface area contributed by atoms with E-state index < -0.39 is 0 Å². The Balaban J connectivity index is 1.05. The predicted molar refractivity (Wildman–Crippen MR) is 248 cm³/mol. The van der Waals surface area contributed by atoms with Crippen molar-refractivity contribution in [3.63, 3.8) is 0 Å². The van der Waals surface area contributed by atoms with Crippen molar-refractivity contribution in [3.05, 3.63) is 194 Å². The fourth-order valence-electron chi connectivity index (χ4n) is 8.66. The Morgan fingerprint density at radius 1 is 0.288 bits per heavy atom. The molecule has 3 heterocycles. The van der Waals surface area contributed by atoms with Crippen molar-refractivity contribution >= 4 is 74.7 Å². The van der Waals surface area contributed by atoms with Crippen LogP contribution in [0.4, 0.5) is 0 Å². The molecule has 274 valence electrons. The molecule has 0 aliphatic carbocycles. The van der Waals surface area contributed by atoms with Gasteiger partial charge in [-0.2, -0.15) is 0 Å². The number of rotatable bonds is 5. The van der Waals surface area contributed by atoms with Gasteiger partial charge in [-0.1, -0.05) is 164 Å². The summed E-state index contributed by atoms with van der Waals surface area (Å²) in [6.45, 7) is 0. The number of hydrogen-bond donors (Lipinski definition) is 0. The Kier molecular flexibility index (Phi) is 7.68. The summed E-state index contributed by atoms with van der Waals surface area (Å²) >= 11 is 1.82. The molecule has 0 N–H and O–H groups in total. The van der Waals surface area contributed by atoms with E-state index in [1.54, 1.807) is 0 Å². The van der Waals surface area contributed by atoms with Crippen molar-refractivity contribution in [2.75, 3.05) is 0 Å². The number of thiophene rings is 1. The highest BCUT2D eigenvalue weighted by Gasteiger charge is 2.20. The van der Waals surface area contributed by atoms with Crippen molar-refractivity contribution in [1.82, 2.24) is 19.9 Å². The maximum absolute atomic E-state index is 5.50. The second kappa shape index (κ2) is 13.5. The zero-order valence-corrected chi connectivity index (χ0v) is 32.5. The van der Waals surface area contributed by atoms with Crippen LogP contribution in [0.2, 0.25) is 0 Å². The van der Waals surface area contributed by atoms with Gasteiger partial charge in [0.15, 0.2) is 17.5 Å². The Hall–Kier alpha value is -7.60. The van der Waals surface area contributed by atoms with Gasteiger partial charge in [-0.25, -0.2) is 19.9 Å². The third-order valence-electron chi connectivity index (χ3n) is 11.5. The van der Waals surface area contributed by atoms with Crippen molar-refractivity contribution in [2.45, 2.75) is 0 Å². The largest absolute Gasteiger partial charge is 0.247 e. The molecule has 12 aromatic rings. The Bertz CT molecular complexity index is 3560. The van der Waals surface area contributed by atoms with Crippen LogP contribution in [0, 0.1) is 0 Å². The first-order chi connectivity index (χ1) is 29.2. The van der Waals surface area contributed by atoms with E-state index in [0.717, 1.165) is 44.4 Å². The van der Waals surface area contributed by atoms with Gasteiger partial charge < -0.3 is 0 Å². The molecule has 0 bridgehead atoms. The summed E-state index contributed by atoms with van der Waals surface area (Å²) in [6.07, 6.45) is 0. The normalized spacial score (nSPS) is 11.7. The summed E-state index contributed by atoms with van der Waals surface area (Å²) in [6, 6.07) is 68.5. The molecule has 4 nitrogen and oxygen atoms in total. The van der Waals surface area contributed by atoms with Crippen LogP contribution in [-0.2, 0) is 0 Å². The highest BCUT2D eigenvalue weighted by Crippen LogP contribution is 2.45. The molecule has 0 radical (unpaired) electrons. The zero-order chi connectivity index (χ0) is 38.9. The van der Waals surface area contributed by atoms with Crippen LogP contribution < -0.4 is 0 Å². The summed E-state index contributed by atoms with van der Waals surface area (Å²) in [5.74, 6) is 1.88. The molecule has 0 unspecified atom stereocenters. The van der Waals surface area contributed by atoms with E-state index in [-0.39, 0.29) is 0 Å². The zero-order valence-electron chi connectivity index (χ0n) is 31.7. The molecular weight excluding hydrogens is 737 g/mol. The average molecular weight is 769 g/mol. The highest BCUT2D eigenvalue weighted by molar-refractivity contribution is 7.26. The molecular formula is C54H32N4S. The molecule has 59 heavy (non-hydrogen) atoms. The van der Waals surface area contributed by atoms with Crippen LogP contribution in [0.5, 0.6) is 0 Å². The third-order valence-corrected chi connectivity index (χ3v) is 12.7. The van der Waals surface area contributed by atoms with Gasteiger partial charge in [0.25, 0.3) is 0 Å². The maximum Gasteiger partial charge on any atom is 0.164 e. The van der Waals surface area contributed by atoms with E-state index in [0.29, 0.717) is 17.5 Å². The van der Waals surface area contributed by atoms with Crippen molar-refractivity contribution in [3.8, 4) is 56.5 Å². The molecule has 0 fully saturated rings. The first-order valence-corrected chi connectivity index (χ1v) is 20.6. The van der Waals surface area contributed by atoms with Crippen LogP contribution in [0.25, 0.3) is 120 Å². The standard InChI is InChI=1S/C54H32N4S/c1-3-13-33(14-4-1)34-23-25-36(26-24-34)53-56-52(35-15-5-2-6-16-35)57-54(58-53)38-28-30-47-46(32-38)51-49(44-21-11-12-22-48(44)59-51)50(55-47)37-27-29-43-41-19-8-7-17-39(41)40-18-9-10-20-42(40)45(43)31-37/h1-32H. The topological polar surface area (TPSA) is 51.6 Å². The molecule has 0 atom stereocenters. The molecule has 12 rings (SSSR count). The van der Waals surface area contributed by atoms with Crippen LogP contribution in [0.3, 0.4) is 0 Å². The molecule has 9 aromatic carbocycles. The minimum Gasteiger partial charge on any atom is -0.247 e. The molecule has 0 saturated carbocycles. The smallest absolute Gasteiger partial charge is 0.164 e. The van der Waals surface area contributed by atoms with Gasteiger partial charge in [-0.3, -0.25) is 0 Å². The first kappa shape index (κ1) is 33.5. The number of pyridine rings is 1. The molecule has 0 aliphatic heterocycles. The van der Waals surface area contributed by atoms with Gasteiger partial charge in [-0.15, -0.1) is 11.3 Å². The number of benzene rings is 9. The van der Waals surface area contributed by atoms with Crippen LogP contribution in [-0.4, -0.2) is 19.9 Å². The van der Waals surface area contributed by atoms with Crippen LogP contribution in [0.15, 0.2) is 194 Å². The van der Waals surface area contributed by atoms with Gasteiger partial charge in [0.2, 0.25) is 0 Å². The summed E-state index contributed by atoms with van der Waals surface area (Å²) in [5.41, 5.74) is 8.12. The number of aromatic nitrogens is 4. The maximum atomic E-state index is 5.50. The Morgan fingerprint density at radius 3 is 1.39 bits per heavy atom.